The van der Waals surface area contributed by atoms with Gasteiger partial charge in [-0.1, -0.05) is 29.3 Å². The Morgan fingerprint density at radius 3 is 2.40 bits per heavy atom. The third kappa shape index (κ3) is 4.13. The highest BCUT2D eigenvalue weighted by atomic mass is 79.9. The minimum atomic E-state index is 0.0483. The smallest absolute Gasteiger partial charge is 0.141 e. The van der Waals surface area contributed by atoms with E-state index >= 15 is 0 Å². The van der Waals surface area contributed by atoms with Crippen LogP contribution in [0.1, 0.15) is 12.5 Å². The maximum Gasteiger partial charge on any atom is 0.141 e. The van der Waals surface area contributed by atoms with Gasteiger partial charge in [-0.3, -0.25) is 0 Å². The van der Waals surface area contributed by atoms with Gasteiger partial charge < -0.3 is 10.5 Å². The molecule has 2 rings (SSSR count). The lowest BCUT2D eigenvalue weighted by Gasteiger charge is -2.14. The van der Waals surface area contributed by atoms with Crippen molar-refractivity contribution < 1.29 is 4.74 Å². The average molecular weight is 375 g/mol. The lowest BCUT2D eigenvalue weighted by molar-refractivity contribution is 0.471. The van der Waals surface area contributed by atoms with Crippen molar-refractivity contribution in [2.75, 3.05) is 0 Å². The first-order chi connectivity index (χ1) is 9.45. The molecule has 0 aromatic heterocycles. The van der Waals surface area contributed by atoms with Crippen LogP contribution in [0.4, 0.5) is 0 Å². The molecule has 20 heavy (non-hydrogen) atoms. The molecule has 0 aliphatic rings. The highest BCUT2D eigenvalue weighted by molar-refractivity contribution is 9.10. The lowest BCUT2D eigenvalue weighted by atomic mass is 10.1. The van der Waals surface area contributed by atoms with Crippen molar-refractivity contribution in [2.45, 2.75) is 19.4 Å². The van der Waals surface area contributed by atoms with Gasteiger partial charge in [-0.15, -0.1) is 0 Å². The van der Waals surface area contributed by atoms with Gasteiger partial charge in [0, 0.05) is 16.1 Å². The van der Waals surface area contributed by atoms with Crippen molar-refractivity contribution in [1.29, 1.82) is 0 Å². The topological polar surface area (TPSA) is 35.2 Å². The first-order valence-electron chi connectivity index (χ1n) is 6.12. The molecule has 0 spiro atoms. The lowest BCUT2D eigenvalue weighted by Crippen LogP contribution is -2.18. The van der Waals surface area contributed by atoms with Crippen LogP contribution in [0, 0.1) is 0 Å². The molecule has 2 aromatic carbocycles. The molecule has 0 aliphatic heterocycles. The first-order valence-corrected chi connectivity index (χ1v) is 7.67. The van der Waals surface area contributed by atoms with Crippen molar-refractivity contribution in [3.8, 4) is 11.5 Å². The van der Waals surface area contributed by atoms with E-state index in [1.165, 1.54) is 0 Å². The summed E-state index contributed by atoms with van der Waals surface area (Å²) in [6.45, 7) is 1.95. The Labute approximate surface area is 137 Å². The summed E-state index contributed by atoms with van der Waals surface area (Å²) in [7, 11) is 0. The third-order valence-electron chi connectivity index (χ3n) is 2.68. The number of halogens is 3. The van der Waals surface area contributed by atoms with Gasteiger partial charge in [0.25, 0.3) is 0 Å². The van der Waals surface area contributed by atoms with E-state index in [1.54, 1.807) is 18.2 Å². The van der Waals surface area contributed by atoms with E-state index in [0.717, 1.165) is 16.5 Å². The van der Waals surface area contributed by atoms with Crippen LogP contribution in [0.2, 0.25) is 10.0 Å². The van der Waals surface area contributed by atoms with E-state index in [2.05, 4.69) is 15.9 Å². The van der Waals surface area contributed by atoms with Crippen molar-refractivity contribution in [3.63, 3.8) is 0 Å². The van der Waals surface area contributed by atoms with Crippen LogP contribution < -0.4 is 10.5 Å². The van der Waals surface area contributed by atoms with Gasteiger partial charge in [0.2, 0.25) is 0 Å². The van der Waals surface area contributed by atoms with E-state index in [4.69, 9.17) is 33.7 Å². The number of hydrogen-bond donors (Lipinski definition) is 1. The molecule has 1 atom stereocenters. The summed E-state index contributed by atoms with van der Waals surface area (Å²) in [4.78, 5) is 0. The van der Waals surface area contributed by atoms with Crippen molar-refractivity contribution in [2.24, 2.45) is 5.73 Å². The van der Waals surface area contributed by atoms with Gasteiger partial charge in [0.15, 0.2) is 0 Å². The molecule has 1 unspecified atom stereocenters. The van der Waals surface area contributed by atoms with Crippen LogP contribution in [0.25, 0.3) is 0 Å². The number of rotatable bonds is 4. The van der Waals surface area contributed by atoms with Gasteiger partial charge >= 0.3 is 0 Å². The third-order valence-corrected chi connectivity index (χ3v) is 3.77. The predicted octanol–water partition coefficient (Wildman–Crippen LogP) is 5.44. The van der Waals surface area contributed by atoms with Crippen molar-refractivity contribution in [1.82, 2.24) is 0 Å². The first kappa shape index (κ1) is 15.6. The number of ether oxygens (including phenoxy) is 1. The zero-order chi connectivity index (χ0) is 14.7. The van der Waals surface area contributed by atoms with Crippen LogP contribution in [-0.4, -0.2) is 6.04 Å². The molecule has 2 nitrogen and oxygen atoms in total. The zero-order valence-electron chi connectivity index (χ0n) is 10.9. The molecule has 0 aliphatic carbocycles. The monoisotopic (exact) mass is 373 g/mol. The summed E-state index contributed by atoms with van der Waals surface area (Å²) in [6, 6.07) is 11.0. The second-order valence-electron chi connectivity index (χ2n) is 4.61. The predicted molar refractivity (Wildman–Crippen MR) is 88.0 cm³/mol. The van der Waals surface area contributed by atoms with Crippen LogP contribution in [0.5, 0.6) is 11.5 Å². The molecule has 0 bridgehead atoms. The molecule has 5 heteroatoms. The van der Waals surface area contributed by atoms with Crippen LogP contribution in [0.15, 0.2) is 40.9 Å². The highest BCUT2D eigenvalue weighted by Crippen LogP contribution is 2.34. The van der Waals surface area contributed by atoms with Gasteiger partial charge in [-0.25, -0.2) is 0 Å². The van der Waals surface area contributed by atoms with Gasteiger partial charge in [-0.2, -0.15) is 0 Å². The van der Waals surface area contributed by atoms with E-state index in [-0.39, 0.29) is 6.04 Å². The summed E-state index contributed by atoms with van der Waals surface area (Å²) < 4.78 is 6.72. The fraction of sp³-hybridized carbons (Fsp3) is 0.200. The van der Waals surface area contributed by atoms with Gasteiger partial charge in [0.05, 0.1) is 4.47 Å². The fourth-order valence-corrected chi connectivity index (χ4v) is 2.74. The molecule has 2 aromatic rings. The second kappa shape index (κ2) is 6.81. The van der Waals surface area contributed by atoms with Gasteiger partial charge in [0.1, 0.15) is 11.5 Å². The number of nitrogens with two attached hydrogens (primary N) is 1. The Morgan fingerprint density at radius 1 is 1.10 bits per heavy atom. The largest absolute Gasteiger partial charge is 0.456 e. The maximum atomic E-state index is 6.04. The summed E-state index contributed by atoms with van der Waals surface area (Å²) in [5.41, 5.74) is 6.88. The SMILES string of the molecule is CC(N)Cc1ccc(Cl)cc1Oc1ccc(Cl)cc1Br. The Bertz CT molecular complexity index is 617. The molecule has 0 heterocycles. The molecule has 2 N–H and O–H groups in total. The summed E-state index contributed by atoms with van der Waals surface area (Å²) in [5.74, 6) is 1.39. The minimum Gasteiger partial charge on any atom is -0.456 e. The average Bonchev–Trinajstić information content (AvgIpc) is 2.35. The molecular formula is C15H14BrCl2NO. The molecular weight excluding hydrogens is 361 g/mol. The molecule has 0 saturated heterocycles. The zero-order valence-corrected chi connectivity index (χ0v) is 14.0. The van der Waals surface area contributed by atoms with E-state index in [0.29, 0.717) is 21.5 Å². The standard InChI is InChI=1S/C15H14BrCl2NO/c1-9(19)6-10-2-3-12(18)8-15(10)20-14-5-4-11(17)7-13(14)16/h2-5,7-9H,6,19H2,1H3. The summed E-state index contributed by atoms with van der Waals surface area (Å²) in [5, 5.41) is 1.27. The van der Waals surface area contributed by atoms with Crippen molar-refractivity contribution in [3.05, 3.63) is 56.5 Å². The van der Waals surface area contributed by atoms with E-state index < -0.39 is 0 Å². The Balaban J connectivity index is 2.34. The summed E-state index contributed by atoms with van der Waals surface area (Å²) in [6.07, 6.45) is 0.720. The Morgan fingerprint density at radius 2 is 1.75 bits per heavy atom. The highest BCUT2D eigenvalue weighted by Gasteiger charge is 2.10. The molecule has 0 fully saturated rings. The van der Waals surface area contributed by atoms with Crippen LogP contribution in [0.3, 0.4) is 0 Å². The molecule has 106 valence electrons. The van der Waals surface area contributed by atoms with E-state index in [9.17, 15) is 0 Å². The fourth-order valence-electron chi connectivity index (χ4n) is 1.82. The van der Waals surface area contributed by atoms with E-state index in [1.807, 2.05) is 25.1 Å². The van der Waals surface area contributed by atoms with Crippen LogP contribution in [-0.2, 0) is 6.42 Å². The normalized spacial score (nSPS) is 12.2. The summed E-state index contributed by atoms with van der Waals surface area (Å²) >= 11 is 15.4. The molecule has 0 amide bonds. The van der Waals surface area contributed by atoms with Crippen LogP contribution >= 0.6 is 39.1 Å². The Hall–Kier alpha value is -0.740. The molecule has 0 radical (unpaired) electrons. The second-order valence-corrected chi connectivity index (χ2v) is 6.34. The molecule has 0 saturated carbocycles. The maximum absolute atomic E-state index is 6.04. The Kier molecular flexibility index (Phi) is 5.33. The van der Waals surface area contributed by atoms with Gasteiger partial charge in [-0.05, 0) is 65.2 Å². The number of hydrogen-bond acceptors (Lipinski definition) is 2. The number of benzene rings is 2. The van der Waals surface area contributed by atoms with Crippen molar-refractivity contribution >= 4 is 39.1 Å². The quantitative estimate of drug-likeness (QED) is 0.773. The minimum absolute atomic E-state index is 0.0483.